The molecule has 25 heavy (non-hydrogen) atoms. The Morgan fingerprint density at radius 2 is 1.80 bits per heavy atom. The fourth-order valence-electron chi connectivity index (χ4n) is 3.19. The highest BCUT2D eigenvalue weighted by molar-refractivity contribution is 5.92. The second-order valence-electron chi connectivity index (χ2n) is 6.54. The lowest BCUT2D eigenvalue weighted by atomic mass is 9.88. The lowest BCUT2D eigenvalue weighted by molar-refractivity contribution is -0.136. The Morgan fingerprint density at radius 3 is 2.48 bits per heavy atom. The normalized spacial score (nSPS) is 17.8. The van der Waals surface area contributed by atoms with Gasteiger partial charge >= 0.3 is 0 Å². The van der Waals surface area contributed by atoms with Crippen molar-refractivity contribution in [3.63, 3.8) is 0 Å². The smallest absolute Gasteiger partial charge is 0.243 e. The van der Waals surface area contributed by atoms with Crippen LogP contribution in [0.4, 0.5) is 0 Å². The molecule has 3 rings (SSSR count). The molecule has 1 aliphatic rings. The van der Waals surface area contributed by atoms with E-state index in [0.29, 0.717) is 32.5 Å². The van der Waals surface area contributed by atoms with E-state index in [0.717, 1.165) is 16.3 Å². The number of nitrogens with one attached hydrogen (secondary N) is 1. The molecule has 1 saturated heterocycles. The number of amides is 2. The number of rotatable bonds is 5. The standard InChI is InChI=1S/C19H23N3O3/c20-16(12-13-5-6-14-3-1-2-4-15(14)11-13)17(23)22-19(18(21)24)7-9-25-10-8-19/h1-6,11,16H,7-10,12,20H2,(H2,21,24)(H,22,23)/t16-/m0/s1. The maximum absolute atomic E-state index is 12.5. The van der Waals surface area contributed by atoms with Crippen molar-refractivity contribution in [2.75, 3.05) is 13.2 Å². The summed E-state index contributed by atoms with van der Waals surface area (Å²) < 4.78 is 5.26. The molecule has 2 aromatic carbocycles. The number of benzene rings is 2. The largest absolute Gasteiger partial charge is 0.381 e. The minimum absolute atomic E-state index is 0.367. The molecule has 1 atom stereocenters. The lowest BCUT2D eigenvalue weighted by Crippen LogP contribution is -2.62. The van der Waals surface area contributed by atoms with Crippen LogP contribution >= 0.6 is 0 Å². The van der Waals surface area contributed by atoms with E-state index in [-0.39, 0.29) is 5.91 Å². The highest BCUT2D eigenvalue weighted by Gasteiger charge is 2.40. The quantitative estimate of drug-likeness (QED) is 0.749. The minimum atomic E-state index is -1.06. The highest BCUT2D eigenvalue weighted by Crippen LogP contribution is 2.21. The van der Waals surface area contributed by atoms with Crippen molar-refractivity contribution in [3.8, 4) is 0 Å². The van der Waals surface area contributed by atoms with Gasteiger partial charge in [0.2, 0.25) is 11.8 Å². The van der Waals surface area contributed by atoms with Gasteiger partial charge in [0.15, 0.2) is 0 Å². The average Bonchev–Trinajstić information content (AvgIpc) is 2.62. The summed E-state index contributed by atoms with van der Waals surface area (Å²) in [7, 11) is 0. The van der Waals surface area contributed by atoms with Gasteiger partial charge in [-0.2, -0.15) is 0 Å². The molecule has 0 aliphatic carbocycles. The van der Waals surface area contributed by atoms with Gasteiger partial charge in [-0.3, -0.25) is 9.59 Å². The van der Waals surface area contributed by atoms with Crippen molar-refractivity contribution in [3.05, 3.63) is 48.0 Å². The molecule has 0 aromatic heterocycles. The van der Waals surface area contributed by atoms with Crippen molar-refractivity contribution in [1.82, 2.24) is 5.32 Å². The minimum Gasteiger partial charge on any atom is -0.381 e. The predicted octanol–water partition coefficient (Wildman–Crippen LogP) is 0.860. The van der Waals surface area contributed by atoms with Crippen LogP contribution in [0.1, 0.15) is 18.4 Å². The Kier molecular flexibility index (Phi) is 5.01. The van der Waals surface area contributed by atoms with Crippen LogP contribution in [0.15, 0.2) is 42.5 Å². The summed E-state index contributed by atoms with van der Waals surface area (Å²) in [6, 6.07) is 13.3. The van der Waals surface area contributed by atoms with E-state index in [1.54, 1.807) is 0 Å². The van der Waals surface area contributed by atoms with E-state index in [2.05, 4.69) is 5.32 Å². The Morgan fingerprint density at radius 1 is 1.12 bits per heavy atom. The Hall–Kier alpha value is -2.44. The summed E-state index contributed by atoms with van der Waals surface area (Å²) in [5.74, 6) is -0.907. The summed E-state index contributed by atoms with van der Waals surface area (Å²) >= 11 is 0. The first-order valence-electron chi connectivity index (χ1n) is 8.43. The molecule has 1 heterocycles. The zero-order chi connectivity index (χ0) is 17.9. The van der Waals surface area contributed by atoms with Crippen LogP contribution in [-0.4, -0.2) is 36.6 Å². The molecule has 2 amide bonds. The molecule has 6 heteroatoms. The van der Waals surface area contributed by atoms with Crippen molar-refractivity contribution >= 4 is 22.6 Å². The number of hydrogen-bond donors (Lipinski definition) is 3. The summed E-state index contributed by atoms with van der Waals surface area (Å²) in [6.45, 7) is 0.784. The van der Waals surface area contributed by atoms with Crippen LogP contribution in [0.2, 0.25) is 0 Å². The fourth-order valence-corrected chi connectivity index (χ4v) is 3.19. The topological polar surface area (TPSA) is 107 Å². The lowest BCUT2D eigenvalue weighted by Gasteiger charge is -2.35. The van der Waals surface area contributed by atoms with Gasteiger partial charge in [-0.15, -0.1) is 0 Å². The van der Waals surface area contributed by atoms with Gasteiger partial charge in [0, 0.05) is 26.1 Å². The molecule has 6 nitrogen and oxygen atoms in total. The Balaban J connectivity index is 1.69. The van der Waals surface area contributed by atoms with E-state index in [4.69, 9.17) is 16.2 Å². The van der Waals surface area contributed by atoms with Crippen LogP contribution in [0.3, 0.4) is 0 Å². The molecule has 1 fully saturated rings. The van der Waals surface area contributed by atoms with Gasteiger partial charge in [0.05, 0.1) is 6.04 Å². The van der Waals surface area contributed by atoms with Gasteiger partial charge in [0.25, 0.3) is 0 Å². The Labute approximate surface area is 146 Å². The third kappa shape index (κ3) is 3.81. The SMILES string of the molecule is NC(=O)C1(NC(=O)[C@@H](N)Cc2ccc3ccccc3c2)CCOCC1. The number of primary amides is 1. The van der Waals surface area contributed by atoms with Crippen molar-refractivity contribution in [2.24, 2.45) is 11.5 Å². The monoisotopic (exact) mass is 341 g/mol. The molecular formula is C19H23N3O3. The van der Waals surface area contributed by atoms with E-state index in [1.807, 2.05) is 42.5 Å². The first-order chi connectivity index (χ1) is 12.0. The number of carbonyl (C=O) groups excluding carboxylic acids is 2. The number of carbonyl (C=O) groups is 2. The van der Waals surface area contributed by atoms with Crippen LogP contribution in [0.25, 0.3) is 10.8 Å². The number of nitrogens with two attached hydrogens (primary N) is 2. The fraction of sp³-hybridized carbons (Fsp3) is 0.368. The van der Waals surface area contributed by atoms with Gasteiger partial charge < -0.3 is 21.5 Å². The molecule has 5 N–H and O–H groups in total. The van der Waals surface area contributed by atoms with E-state index < -0.39 is 17.5 Å². The maximum atomic E-state index is 12.5. The van der Waals surface area contributed by atoms with E-state index >= 15 is 0 Å². The Bertz CT molecular complexity index is 784. The zero-order valence-electron chi connectivity index (χ0n) is 14.0. The third-order valence-corrected chi connectivity index (χ3v) is 4.79. The van der Waals surface area contributed by atoms with Gasteiger partial charge in [-0.25, -0.2) is 0 Å². The van der Waals surface area contributed by atoms with Gasteiger partial charge in [-0.1, -0.05) is 42.5 Å². The summed E-state index contributed by atoms with van der Waals surface area (Å²) in [4.78, 5) is 24.4. The summed E-state index contributed by atoms with van der Waals surface area (Å²) in [5, 5.41) is 5.01. The van der Waals surface area contributed by atoms with Gasteiger partial charge in [-0.05, 0) is 22.8 Å². The van der Waals surface area contributed by atoms with Crippen LogP contribution in [0, 0.1) is 0 Å². The summed E-state index contributed by atoms with van der Waals surface area (Å²) in [6.07, 6.45) is 1.13. The van der Waals surface area contributed by atoms with Crippen molar-refractivity contribution < 1.29 is 14.3 Å². The molecule has 0 saturated carbocycles. The molecule has 0 bridgehead atoms. The second-order valence-corrected chi connectivity index (χ2v) is 6.54. The van der Waals surface area contributed by atoms with Crippen molar-refractivity contribution in [2.45, 2.75) is 30.8 Å². The molecule has 2 aromatic rings. The predicted molar refractivity (Wildman–Crippen MR) is 95.7 cm³/mol. The molecule has 0 radical (unpaired) electrons. The third-order valence-electron chi connectivity index (χ3n) is 4.79. The van der Waals surface area contributed by atoms with Gasteiger partial charge in [0.1, 0.15) is 5.54 Å². The summed E-state index contributed by atoms with van der Waals surface area (Å²) in [5.41, 5.74) is 11.5. The first-order valence-corrected chi connectivity index (χ1v) is 8.43. The van der Waals surface area contributed by atoms with Crippen LogP contribution < -0.4 is 16.8 Å². The average molecular weight is 341 g/mol. The number of hydrogen-bond acceptors (Lipinski definition) is 4. The molecule has 132 valence electrons. The highest BCUT2D eigenvalue weighted by atomic mass is 16.5. The van der Waals surface area contributed by atoms with E-state index in [9.17, 15) is 9.59 Å². The van der Waals surface area contributed by atoms with Crippen molar-refractivity contribution in [1.29, 1.82) is 0 Å². The number of ether oxygens (including phenoxy) is 1. The van der Waals surface area contributed by atoms with E-state index in [1.165, 1.54) is 0 Å². The van der Waals surface area contributed by atoms with Crippen LogP contribution in [-0.2, 0) is 20.7 Å². The number of fused-ring (bicyclic) bond motifs is 1. The first kappa shape index (κ1) is 17.4. The molecule has 1 aliphatic heterocycles. The maximum Gasteiger partial charge on any atom is 0.243 e. The molecule has 0 spiro atoms. The molecular weight excluding hydrogens is 318 g/mol. The molecule has 0 unspecified atom stereocenters. The second kappa shape index (κ2) is 7.21. The zero-order valence-corrected chi connectivity index (χ0v) is 14.0. The van der Waals surface area contributed by atoms with Crippen LogP contribution in [0.5, 0.6) is 0 Å².